The molecule has 0 aromatic carbocycles. The van der Waals surface area contributed by atoms with E-state index in [4.69, 9.17) is 5.73 Å². The molecule has 0 amide bonds. The molecular weight excluding hydrogens is 220 g/mol. The number of nitrogens with two attached hydrogens (primary N) is 1. The summed E-state index contributed by atoms with van der Waals surface area (Å²) in [7, 11) is 0. The molecular formula is C16H34N2. The van der Waals surface area contributed by atoms with E-state index in [0.29, 0.717) is 5.41 Å². The molecule has 3 N–H and O–H groups in total. The Balaban J connectivity index is 2.66. The van der Waals surface area contributed by atoms with Crippen LogP contribution in [0.3, 0.4) is 0 Å². The van der Waals surface area contributed by atoms with Gasteiger partial charge in [0.15, 0.2) is 0 Å². The summed E-state index contributed by atoms with van der Waals surface area (Å²) >= 11 is 0. The van der Waals surface area contributed by atoms with E-state index >= 15 is 0 Å². The van der Waals surface area contributed by atoms with Crippen molar-refractivity contribution in [2.24, 2.45) is 17.1 Å². The van der Waals surface area contributed by atoms with E-state index in [1.807, 2.05) is 0 Å². The van der Waals surface area contributed by atoms with Gasteiger partial charge in [0.1, 0.15) is 0 Å². The van der Waals surface area contributed by atoms with Crippen molar-refractivity contribution < 1.29 is 0 Å². The topological polar surface area (TPSA) is 38.0 Å². The van der Waals surface area contributed by atoms with E-state index in [1.54, 1.807) is 0 Å². The highest BCUT2D eigenvalue weighted by atomic mass is 15.0. The Hall–Kier alpha value is -0.0800. The average molecular weight is 254 g/mol. The first-order chi connectivity index (χ1) is 8.37. The van der Waals surface area contributed by atoms with Gasteiger partial charge in [-0.25, -0.2) is 0 Å². The predicted octanol–water partition coefficient (Wildman–Crippen LogP) is 3.70. The summed E-state index contributed by atoms with van der Waals surface area (Å²) < 4.78 is 0. The van der Waals surface area contributed by atoms with Gasteiger partial charge in [-0.3, -0.25) is 0 Å². The van der Waals surface area contributed by atoms with Crippen molar-refractivity contribution >= 4 is 0 Å². The second kappa shape index (κ2) is 6.91. The maximum atomic E-state index is 6.14. The first-order valence-electron chi connectivity index (χ1n) is 7.82. The van der Waals surface area contributed by atoms with Crippen molar-refractivity contribution in [2.75, 3.05) is 13.1 Å². The zero-order valence-corrected chi connectivity index (χ0v) is 13.0. The maximum Gasteiger partial charge on any atom is 0.0306 e. The van der Waals surface area contributed by atoms with E-state index in [-0.39, 0.29) is 5.54 Å². The highest BCUT2D eigenvalue weighted by molar-refractivity contribution is 4.92. The smallest absolute Gasteiger partial charge is 0.0306 e. The zero-order valence-electron chi connectivity index (χ0n) is 13.0. The SMILES string of the molecule is CC1CCCCCCC(CN)(NCC(C)(C)C)C1. The number of hydrogen-bond donors (Lipinski definition) is 2. The van der Waals surface area contributed by atoms with Crippen molar-refractivity contribution in [1.29, 1.82) is 0 Å². The van der Waals surface area contributed by atoms with Crippen LogP contribution in [0.4, 0.5) is 0 Å². The van der Waals surface area contributed by atoms with Gasteiger partial charge in [0, 0.05) is 18.6 Å². The molecule has 0 spiro atoms. The van der Waals surface area contributed by atoms with Crippen LogP contribution in [0.15, 0.2) is 0 Å². The minimum atomic E-state index is 0.192. The van der Waals surface area contributed by atoms with Gasteiger partial charge in [-0.15, -0.1) is 0 Å². The van der Waals surface area contributed by atoms with Crippen LogP contribution in [0.5, 0.6) is 0 Å². The Morgan fingerprint density at radius 2 is 1.83 bits per heavy atom. The molecule has 1 aliphatic rings. The van der Waals surface area contributed by atoms with Gasteiger partial charge in [-0.2, -0.15) is 0 Å². The summed E-state index contributed by atoms with van der Waals surface area (Å²) in [6.07, 6.45) is 9.40. The van der Waals surface area contributed by atoms with Crippen LogP contribution >= 0.6 is 0 Å². The first kappa shape index (κ1) is 16.0. The Kier molecular flexibility index (Phi) is 6.13. The molecule has 1 aliphatic carbocycles. The lowest BCUT2D eigenvalue weighted by Crippen LogP contribution is -2.54. The molecule has 0 bridgehead atoms. The van der Waals surface area contributed by atoms with Gasteiger partial charge in [0.25, 0.3) is 0 Å². The van der Waals surface area contributed by atoms with Gasteiger partial charge in [0.05, 0.1) is 0 Å². The Bertz CT molecular complexity index is 232. The lowest BCUT2D eigenvalue weighted by atomic mass is 9.82. The van der Waals surface area contributed by atoms with Crippen LogP contribution in [-0.2, 0) is 0 Å². The number of hydrogen-bond acceptors (Lipinski definition) is 2. The average Bonchev–Trinajstić information content (AvgIpc) is 2.37. The molecule has 1 fully saturated rings. The third-order valence-corrected chi connectivity index (χ3v) is 4.23. The molecule has 1 rings (SSSR count). The Morgan fingerprint density at radius 1 is 1.17 bits per heavy atom. The van der Waals surface area contributed by atoms with Crippen LogP contribution < -0.4 is 11.1 Å². The van der Waals surface area contributed by atoms with Crippen molar-refractivity contribution in [3.8, 4) is 0 Å². The minimum absolute atomic E-state index is 0.192. The van der Waals surface area contributed by atoms with Crippen LogP contribution in [0.25, 0.3) is 0 Å². The third-order valence-electron chi connectivity index (χ3n) is 4.23. The largest absolute Gasteiger partial charge is 0.329 e. The van der Waals surface area contributed by atoms with E-state index < -0.39 is 0 Å². The van der Waals surface area contributed by atoms with Crippen LogP contribution in [0, 0.1) is 11.3 Å². The van der Waals surface area contributed by atoms with Gasteiger partial charge >= 0.3 is 0 Å². The highest BCUT2D eigenvalue weighted by Crippen LogP contribution is 2.29. The predicted molar refractivity (Wildman–Crippen MR) is 80.7 cm³/mol. The van der Waals surface area contributed by atoms with Crippen molar-refractivity contribution in [3.05, 3.63) is 0 Å². The molecule has 0 saturated heterocycles. The monoisotopic (exact) mass is 254 g/mol. The highest BCUT2D eigenvalue weighted by Gasteiger charge is 2.31. The van der Waals surface area contributed by atoms with Crippen molar-refractivity contribution in [2.45, 2.75) is 78.2 Å². The molecule has 2 nitrogen and oxygen atoms in total. The fourth-order valence-corrected chi connectivity index (χ4v) is 3.05. The lowest BCUT2D eigenvalue weighted by Gasteiger charge is -2.38. The second-order valence-corrected chi connectivity index (χ2v) is 7.66. The van der Waals surface area contributed by atoms with Crippen LogP contribution in [-0.4, -0.2) is 18.6 Å². The van der Waals surface area contributed by atoms with Crippen molar-refractivity contribution in [1.82, 2.24) is 5.32 Å². The summed E-state index contributed by atoms with van der Waals surface area (Å²) in [4.78, 5) is 0. The summed E-state index contributed by atoms with van der Waals surface area (Å²) in [5.41, 5.74) is 6.67. The molecule has 0 radical (unpaired) electrons. The van der Waals surface area contributed by atoms with Crippen molar-refractivity contribution in [3.63, 3.8) is 0 Å². The maximum absolute atomic E-state index is 6.14. The molecule has 2 heteroatoms. The number of nitrogens with one attached hydrogen (secondary N) is 1. The first-order valence-corrected chi connectivity index (χ1v) is 7.82. The Labute approximate surface area is 114 Å². The van der Waals surface area contributed by atoms with E-state index in [9.17, 15) is 0 Å². The summed E-state index contributed by atoms with van der Waals surface area (Å²) in [6, 6.07) is 0. The fraction of sp³-hybridized carbons (Fsp3) is 1.00. The van der Waals surface area contributed by atoms with Gasteiger partial charge < -0.3 is 11.1 Å². The molecule has 0 aromatic heterocycles. The molecule has 2 atom stereocenters. The quantitative estimate of drug-likeness (QED) is 0.806. The zero-order chi connectivity index (χ0) is 13.6. The van der Waals surface area contributed by atoms with Gasteiger partial charge in [-0.1, -0.05) is 59.8 Å². The van der Waals surface area contributed by atoms with E-state index in [0.717, 1.165) is 19.0 Å². The minimum Gasteiger partial charge on any atom is -0.329 e. The standard InChI is InChI=1S/C16H34N2/c1-14-9-7-5-6-8-10-16(11-14,12-17)18-13-15(2,3)4/h14,18H,5-13,17H2,1-4H3. The van der Waals surface area contributed by atoms with E-state index in [1.165, 1.54) is 44.9 Å². The molecule has 0 aliphatic heterocycles. The molecule has 1 saturated carbocycles. The third kappa shape index (κ3) is 5.71. The molecule has 108 valence electrons. The summed E-state index contributed by atoms with van der Waals surface area (Å²) in [5, 5.41) is 3.83. The second-order valence-electron chi connectivity index (χ2n) is 7.66. The fourth-order valence-electron chi connectivity index (χ4n) is 3.05. The van der Waals surface area contributed by atoms with E-state index in [2.05, 4.69) is 33.0 Å². The van der Waals surface area contributed by atoms with Gasteiger partial charge in [-0.05, 0) is 24.2 Å². The normalized spacial score (nSPS) is 31.5. The lowest BCUT2D eigenvalue weighted by molar-refractivity contribution is 0.213. The van der Waals surface area contributed by atoms with Gasteiger partial charge in [0.2, 0.25) is 0 Å². The molecule has 0 aromatic rings. The molecule has 0 heterocycles. The van der Waals surface area contributed by atoms with Crippen LogP contribution in [0.2, 0.25) is 0 Å². The summed E-state index contributed by atoms with van der Waals surface area (Å²) in [6.45, 7) is 11.1. The number of rotatable bonds is 3. The molecule has 2 unspecified atom stereocenters. The van der Waals surface area contributed by atoms with Crippen LogP contribution in [0.1, 0.15) is 72.6 Å². The molecule has 18 heavy (non-hydrogen) atoms. The summed E-state index contributed by atoms with van der Waals surface area (Å²) in [5.74, 6) is 0.805. The Morgan fingerprint density at radius 3 is 2.44 bits per heavy atom.